The maximum atomic E-state index is 2.22. The monoisotopic (exact) mass is 180 g/mol. The number of hydrogen-bond donors (Lipinski definition) is 0. The molecule has 66 valence electrons. The SMILES string of the molecule is CCCSc1c(C)cccc1C. The van der Waals surface area contributed by atoms with Gasteiger partial charge in [-0.05, 0) is 37.1 Å². The second-order valence-electron chi connectivity index (χ2n) is 3.07. The molecule has 0 nitrogen and oxygen atoms in total. The first-order valence-corrected chi connectivity index (χ1v) is 5.43. The summed E-state index contributed by atoms with van der Waals surface area (Å²) >= 11 is 1.97. The highest BCUT2D eigenvalue weighted by molar-refractivity contribution is 7.99. The molecule has 0 fully saturated rings. The Labute approximate surface area is 79.4 Å². The van der Waals surface area contributed by atoms with E-state index < -0.39 is 0 Å². The van der Waals surface area contributed by atoms with E-state index in [0.717, 1.165) is 0 Å². The lowest BCUT2D eigenvalue weighted by atomic mass is 10.2. The molecule has 0 saturated heterocycles. The van der Waals surface area contributed by atoms with Crippen molar-refractivity contribution in [2.75, 3.05) is 5.75 Å². The lowest BCUT2D eigenvalue weighted by Crippen LogP contribution is -1.85. The van der Waals surface area contributed by atoms with Crippen LogP contribution in [0.3, 0.4) is 0 Å². The third kappa shape index (κ3) is 2.28. The lowest BCUT2D eigenvalue weighted by Gasteiger charge is -2.07. The third-order valence-electron chi connectivity index (χ3n) is 1.86. The minimum atomic E-state index is 1.23. The molecule has 0 radical (unpaired) electrons. The third-order valence-corrected chi connectivity index (χ3v) is 3.40. The van der Waals surface area contributed by atoms with Crippen LogP contribution in [-0.4, -0.2) is 5.75 Å². The molecule has 0 aliphatic heterocycles. The Morgan fingerprint density at radius 2 is 1.75 bits per heavy atom. The summed E-state index contributed by atoms with van der Waals surface area (Å²) in [5.74, 6) is 1.23. The molecule has 0 aliphatic carbocycles. The largest absolute Gasteiger partial charge is 0.126 e. The highest BCUT2D eigenvalue weighted by atomic mass is 32.2. The van der Waals surface area contributed by atoms with Crippen molar-refractivity contribution >= 4 is 11.8 Å². The molecular weight excluding hydrogens is 164 g/mol. The molecule has 0 saturated carbocycles. The van der Waals surface area contributed by atoms with Crippen LogP contribution in [0.1, 0.15) is 24.5 Å². The molecule has 1 aromatic carbocycles. The molecule has 0 heterocycles. The fraction of sp³-hybridized carbons (Fsp3) is 0.455. The average molecular weight is 180 g/mol. The smallest absolute Gasteiger partial charge is 0.0130 e. The zero-order valence-corrected chi connectivity index (χ0v) is 8.87. The molecule has 12 heavy (non-hydrogen) atoms. The van der Waals surface area contributed by atoms with E-state index in [2.05, 4.69) is 39.0 Å². The van der Waals surface area contributed by atoms with Crippen molar-refractivity contribution in [3.05, 3.63) is 29.3 Å². The molecular formula is C11H16S. The standard InChI is InChI=1S/C11H16S/c1-4-8-12-11-9(2)6-5-7-10(11)3/h5-7H,4,8H2,1-3H3. The summed E-state index contributed by atoms with van der Waals surface area (Å²) in [5, 5.41) is 0. The van der Waals surface area contributed by atoms with Crippen LogP contribution in [0.25, 0.3) is 0 Å². The molecule has 0 aromatic heterocycles. The van der Waals surface area contributed by atoms with Gasteiger partial charge in [-0.2, -0.15) is 0 Å². The van der Waals surface area contributed by atoms with E-state index in [1.807, 2.05) is 11.8 Å². The topological polar surface area (TPSA) is 0 Å². The van der Waals surface area contributed by atoms with Crippen LogP contribution in [0.4, 0.5) is 0 Å². The summed E-state index contributed by atoms with van der Waals surface area (Å²) in [4.78, 5) is 1.47. The first kappa shape index (κ1) is 9.66. The quantitative estimate of drug-likeness (QED) is 0.637. The van der Waals surface area contributed by atoms with Gasteiger partial charge in [0.1, 0.15) is 0 Å². The Hall–Kier alpha value is -0.430. The molecule has 0 atom stereocenters. The van der Waals surface area contributed by atoms with Gasteiger partial charge in [0.05, 0.1) is 0 Å². The van der Waals surface area contributed by atoms with Crippen LogP contribution in [0.2, 0.25) is 0 Å². The second kappa shape index (κ2) is 4.56. The predicted molar refractivity (Wildman–Crippen MR) is 56.9 cm³/mol. The van der Waals surface area contributed by atoms with Gasteiger partial charge in [-0.15, -0.1) is 11.8 Å². The maximum absolute atomic E-state index is 2.22. The fourth-order valence-electron chi connectivity index (χ4n) is 1.23. The van der Waals surface area contributed by atoms with Gasteiger partial charge in [-0.25, -0.2) is 0 Å². The van der Waals surface area contributed by atoms with Gasteiger partial charge in [0.2, 0.25) is 0 Å². The van der Waals surface area contributed by atoms with Crippen LogP contribution in [0, 0.1) is 13.8 Å². The number of aryl methyl sites for hydroxylation is 2. The van der Waals surface area contributed by atoms with Gasteiger partial charge in [0, 0.05) is 4.90 Å². The van der Waals surface area contributed by atoms with Gasteiger partial charge in [-0.3, -0.25) is 0 Å². The first-order chi connectivity index (χ1) is 5.75. The average Bonchev–Trinajstić information content (AvgIpc) is 2.04. The van der Waals surface area contributed by atoms with Crippen molar-refractivity contribution < 1.29 is 0 Å². The summed E-state index contributed by atoms with van der Waals surface area (Å²) in [6.45, 7) is 6.59. The van der Waals surface area contributed by atoms with Gasteiger partial charge >= 0.3 is 0 Å². The van der Waals surface area contributed by atoms with Crippen LogP contribution in [-0.2, 0) is 0 Å². The fourth-order valence-corrected chi connectivity index (χ4v) is 2.23. The number of thioether (sulfide) groups is 1. The van der Waals surface area contributed by atoms with Gasteiger partial charge in [0.25, 0.3) is 0 Å². The summed E-state index contributed by atoms with van der Waals surface area (Å²) in [5.41, 5.74) is 2.82. The normalized spacial score (nSPS) is 10.2. The molecule has 0 unspecified atom stereocenters. The molecule has 0 aliphatic rings. The van der Waals surface area contributed by atoms with E-state index in [1.54, 1.807) is 0 Å². The van der Waals surface area contributed by atoms with E-state index in [0.29, 0.717) is 0 Å². The Balaban J connectivity index is 2.81. The Morgan fingerprint density at radius 1 is 1.17 bits per heavy atom. The molecule has 1 rings (SSSR count). The van der Waals surface area contributed by atoms with Gasteiger partial charge in [0.15, 0.2) is 0 Å². The van der Waals surface area contributed by atoms with Crippen LogP contribution in [0.5, 0.6) is 0 Å². The molecule has 0 amide bonds. The van der Waals surface area contributed by atoms with E-state index in [-0.39, 0.29) is 0 Å². The van der Waals surface area contributed by atoms with Crippen molar-refractivity contribution in [3.63, 3.8) is 0 Å². The summed E-state index contributed by atoms with van der Waals surface area (Å²) in [7, 11) is 0. The first-order valence-electron chi connectivity index (χ1n) is 4.44. The molecule has 1 heteroatoms. The number of hydrogen-bond acceptors (Lipinski definition) is 1. The van der Waals surface area contributed by atoms with E-state index in [4.69, 9.17) is 0 Å². The van der Waals surface area contributed by atoms with E-state index in [9.17, 15) is 0 Å². The van der Waals surface area contributed by atoms with Crippen molar-refractivity contribution in [2.24, 2.45) is 0 Å². The van der Waals surface area contributed by atoms with Crippen molar-refractivity contribution in [2.45, 2.75) is 32.1 Å². The number of benzene rings is 1. The minimum Gasteiger partial charge on any atom is -0.126 e. The van der Waals surface area contributed by atoms with Crippen LogP contribution >= 0.6 is 11.8 Å². The van der Waals surface area contributed by atoms with E-state index >= 15 is 0 Å². The van der Waals surface area contributed by atoms with Crippen molar-refractivity contribution in [1.82, 2.24) is 0 Å². The minimum absolute atomic E-state index is 1.23. The predicted octanol–water partition coefficient (Wildman–Crippen LogP) is 3.81. The Morgan fingerprint density at radius 3 is 2.25 bits per heavy atom. The highest BCUT2D eigenvalue weighted by Crippen LogP contribution is 2.26. The molecule has 0 spiro atoms. The molecule has 0 N–H and O–H groups in total. The second-order valence-corrected chi connectivity index (χ2v) is 4.17. The number of rotatable bonds is 3. The lowest BCUT2D eigenvalue weighted by molar-refractivity contribution is 1.10. The zero-order chi connectivity index (χ0) is 8.97. The summed E-state index contributed by atoms with van der Waals surface area (Å²) < 4.78 is 0. The Kier molecular flexibility index (Phi) is 3.67. The highest BCUT2D eigenvalue weighted by Gasteiger charge is 2.00. The van der Waals surface area contributed by atoms with Gasteiger partial charge in [-0.1, -0.05) is 25.1 Å². The van der Waals surface area contributed by atoms with Crippen LogP contribution < -0.4 is 0 Å². The Bertz CT molecular complexity index is 233. The van der Waals surface area contributed by atoms with Crippen molar-refractivity contribution in [3.8, 4) is 0 Å². The van der Waals surface area contributed by atoms with E-state index in [1.165, 1.54) is 28.2 Å². The molecule has 1 aromatic rings. The zero-order valence-electron chi connectivity index (χ0n) is 8.05. The van der Waals surface area contributed by atoms with Crippen molar-refractivity contribution in [1.29, 1.82) is 0 Å². The van der Waals surface area contributed by atoms with Crippen LogP contribution in [0.15, 0.2) is 23.1 Å². The summed E-state index contributed by atoms with van der Waals surface area (Å²) in [6.07, 6.45) is 1.25. The maximum Gasteiger partial charge on any atom is 0.0130 e. The summed E-state index contributed by atoms with van der Waals surface area (Å²) in [6, 6.07) is 6.50. The van der Waals surface area contributed by atoms with Gasteiger partial charge < -0.3 is 0 Å². The molecule has 0 bridgehead atoms.